The average molecular weight is 527 g/mol. The van der Waals surface area contributed by atoms with Gasteiger partial charge in [-0.15, -0.1) is 0 Å². The van der Waals surface area contributed by atoms with Gasteiger partial charge in [-0.2, -0.15) is 8.42 Å². The molecule has 0 heterocycles. The van der Waals surface area contributed by atoms with Gasteiger partial charge in [0.15, 0.2) is 0 Å². The summed E-state index contributed by atoms with van der Waals surface area (Å²) < 4.78 is 66.4. The first-order valence-electron chi connectivity index (χ1n) is 11.6. The third-order valence-electron chi connectivity index (χ3n) is 3.99. The van der Waals surface area contributed by atoms with Crippen LogP contribution >= 0.6 is 0 Å². The molecular weight excluding hydrogens is 484 g/mol. The van der Waals surface area contributed by atoms with Crippen LogP contribution in [0.15, 0.2) is 29.2 Å². The van der Waals surface area contributed by atoms with Crippen LogP contribution in [0.5, 0.6) is 0 Å². The molecule has 35 heavy (non-hydrogen) atoms. The van der Waals surface area contributed by atoms with Crippen molar-refractivity contribution in [3.05, 3.63) is 29.8 Å². The maximum atomic E-state index is 10.5. The molecule has 1 aromatic carbocycles. The third-order valence-corrected chi connectivity index (χ3v) is 4.86. The van der Waals surface area contributed by atoms with Crippen molar-refractivity contribution in [1.82, 2.24) is 0 Å². The number of rotatable bonds is 22. The summed E-state index contributed by atoms with van der Waals surface area (Å²) in [6.07, 6.45) is 0. The largest absolute Gasteiger partial charge is 0.394 e. The Morgan fingerprint density at radius 1 is 0.600 bits per heavy atom. The lowest BCUT2D eigenvalue weighted by molar-refractivity contribution is -0.0211. The molecule has 1 aromatic rings. The first-order chi connectivity index (χ1) is 16.9. The zero-order valence-corrected chi connectivity index (χ0v) is 21.7. The van der Waals surface area contributed by atoms with Gasteiger partial charge in [0.25, 0.3) is 10.1 Å². The first-order valence-corrected chi connectivity index (χ1v) is 13.0. The van der Waals surface area contributed by atoms with Gasteiger partial charge in [0, 0.05) is 6.61 Å². The Morgan fingerprint density at radius 2 is 0.914 bits per heavy atom. The SMILES string of the molecule is CCOCCOCCOCCOCCOCCOCCOCCO.Cc1ccc(S(=O)(=O)O)cc1. The van der Waals surface area contributed by atoms with Gasteiger partial charge in [0.05, 0.1) is 97.4 Å². The van der Waals surface area contributed by atoms with Crippen molar-refractivity contribution >= 4 is 10.1 Å². The van der Waals surface area contributed by atoms with Gasteiger partial charge < -0.3 is 38.3 Å². The fourth-order valence-corrected chi connectivity index (χ4v) is 2.72. The molecule has 0 saturated carbocycles. The first kappa shape index (κ1) is 33.8. The molecule has 0 aliphatic rings. The van der Waals surface area contributed by atoms with Gasteiger partial charge in [-0.25, -0.2) is 0 Å². The number of benzene rings is 1. The summed E-state index contributed by atoms with van der Waals surface area (Å²) in [5.74, 6) is 0. The van der Waals surface area contributed by atoms with Crippen LogP contribution in [-0.4, -0.2) is 117 Å². The molecule has 11 nitrogen and oxygen atoms in total. The predicted octanol–water partition coefficient (Wildman–Crippen LogP) is 1.36. The Bertz CT molecular complexity index is 647. The molecule has 0 unspecified atom stereocenters. The Balaban J connectivity index is 0.000000867. The van der Waals surface area contributed by atoms with E-state index in [9.17, 15) is 8.42 Å². The second-order valence-electron chi connectivity index (χ2n) is 6.88. The van der Waals surface area contributed by atoms with Crippen molar-refractivity contribution < 1.29 is 51.2 Å². The molecule has 206 valence electrons. The van der Waals surface area contributed by atoms with Crippen LogP contribution in [0.4, 0.5) is 0 Å². The number of hydrogen-bond donors (Lipinski definition) is 2. The van der Waals surface area contributed by atoms with Crippen LogP contribution in [0, 0.1) is 6.92 Å². The Labute approximate surface area is 209 Å². The lowest BCUT2D eigenvalue weighted by Crippen LogP contribution is -2.14. The van der Waals surface area contributed by atoms with E-state index in [0.717, 1.165) is 5.56 Å². The molecule has 0 aliphatic carbocycles. The minimum Gasteiger partial charge on any atom is -0.394 e. The van der Waals surface area contributed by atoms with Crippen LogP contribution < -0.4 is 0 Å². The zero-order chi connectivity index (χ0) is 26.0. The molecule has 0 aliphatic heterocycles. The van der Waals surface area contributed by atoms with Crippen molar-refractivity contribution in [3.8, 4) is 0 Å². The molecule has 0 aromatic heterocycles. The summed E-state index contributed by atoms with van der Waals surface area (Å²) in [7, 11) is -4.02. The van der Waals surface area contributed by atoms with E-state index in [1.54, 1.807) is 12.1 Å². The summed E-state index contributed by atoms with van der Waals surface area (Å²) in [6, 6.07) is 5.99. The van der Waals surface area contributed by atoms with Crippen LogP contribution in [0.2, 0.25) is 0 Å². The van der Waals surface area contributed by atoms with Crippen LogP contribution in [0.25, 0.3) is 0 Å². The lowest BCUT2D eigenvalue weighted by atomic mass is 10.2. The van der Waals surface area contributed by atoms with E-state index in [1.165, 1.54) is 12.1 Å². The van der Waals surface area contributed by atoms with E-state index in [-0.39, 0.29) is 11.5 Å². The molecule has 0 amide bonds. The number of hydrogen-bond acceptors (Lipinski definition) is 10. The van der Waals surface area contributed by atoms with E-state index in [2.05, 4.69) is 0 Å². The molecule has 1 rings (SSSR count). The normalized spacial score (nSPS) is 11.3. The summed E-state index contributed by atoms with van der Waals surface area (Å²) >= 11 is 0. The molecule has 2 N–H and O–H groups in total. The van der Waals surface area contributed by atoms with Crippen LogP contribution in [0.1, 0.15) is 12.5 Å². The highest BCUT2D eigenvalue weighted by molar-refractivity contribution is 7.85. The van der Waals surface area contributed by atoms with Gasteiger partial charge in [-0.3, -0.25) is 4.55 Å². The van der Waals surface area contributed by atoms with Crippen molar-refractivity contribution in [2.24, 2.45) is 0 Å². The Morgan fingerprint density at radius 3 is 1.20 bits per heavy atom. The van der Waals surface area contributed by atoms with Crippen molar-refractivity contribution in [2.75, 3.05) is 99.1 Å². The monoisotopic (exact) mass is 526 g/mol. The van der Waals surface area contributed by atoms with Gasteiger partial charge in [0.2, 0.25) is 0 Å². The maximum Gasteiger partial charge on any atom is 0.294 e. The summed E-state index contributed by atoms with van der Waals surface area (Å²) in [4.78, 5) is -0.0666. The lowest BCUT2D eigenvalue weighted by Gasteiger charge is -2.08. The summed E-state index contributed by atoms with van der Waals surface area (Å²) in [5, 5.41) is 8.50. The minimum absolute atomic E-state index is 0.0381. The zero-order valence-electron chi connectivity index (χ0n) is 20.9. The smallest absolute Gasteiger partial charge is 0.294 e. The van der Waals surface area contributed by atoms with Crippen LogP contribution in [-0.2, 0) is 43.3 Å². The topological polar surface area (TPSA) is 139 Å². The van der Waals surface area contributed by atoms with Crippen molar-refractivity contribution in [2.45, 2.75) is 18.7 Å². The van der Waals surface area contributed by atoms with Gasteiger partial charge in [0.1, 0.15) is 0 Å². The number of aliphatic hydroxyl groups excluding tert-OH is 1. The molecule has 0 fully saturated rings. The molecule has 0 bridgehead atoms. The average Bonchev–Trinajstić information content (AvgIpc) is 2.83. The second-order valence-corrected chi connectivity index (χ2v) is 8.30. The van der Waals surface area contributed by atoms with Crippen LogP contribution in [0.3, 0.4) is 0 Å². The van der Waals surface area contributed by atoms with E-state index in [1.807, 2.05) is 13.8 Å². The summed E-state index contributed by atoms with van der Waals surface area (Å²) in [6.45, 7) is 11.5. The molecule has 12 heteroatoms. The highest BCUT2D eigenvalue weighted by atomic mass is 32.2. The van der Waals surface area contributed by atoms with E-state index in [0.29, 0.717) is 92.5 Å². The molecule has 0 atom stereocenters. The number of aryl methyl sites for hydroxylation is 1. The highest BCUT2D eigenvalue weighted by Crippen LogP contribution is 2.08. The van der Waals surface area contributed by atoms with E-state index < -0.39 is 10.1 Å². The fraction of sp³-hybridized carbons (Fsp3) is 0.739. The third kappa shape index (κ3) is 24.3. The Hall–Kier alpha value is -1.19. The quantitative estimate of drug-likeness (QED) is 0.167. The summed E-state index contributed by atoms with van der Waals surface area (Å²) in [5.41, 5.74) is 0.956. The fourth-order valence-electron chi connectivity index (χ4n) is 2.24. The van der Waals surface area contributed by atoms with E-state index >= 15 is 0 Å². The van der Waals surface area contributed by atoms with Crippen molar-refractivity contribution in [3.63, 3.8) is 0 Å². The second kappa shape index (κ2) is 24.5. The molecule has 0 saturated heterocycles. The standard InChI is InChI=1S/C16H34O8.C7H8O3S/c1-2-18-5-6-20-9-10-22-13-14-24-16-15-23-12-11-21-8-7-19-4-3-17;1-6-2-4-7(5-3-6)11(8,9)10/h17H,2-16H2,1H3;2-5H,1H3,(H,8,9,10). The van der Waals surface area contributed by atoms with Gasteiger partial charge in [-0.1, -0.05) is 17.7 Å². The predicted molar refractivity (Wildman–Crippen MR) is 129 cm³/mol. The highest BCUT2D eigenvalue weighted by Gasteiger charge is 2.06. The van der Waals surface area contributed by atoms with Crippen molar-refractivity contribution in [1.29, 1.82) is 0 Å². The maximum absolute atomic E-state index is 10.5. The minimum atomic E-state index is -4.02. The molecular formula is C23H42O11S. The molecule has 0 radical (unpaired) electrons. The molecule has 0 spiro atoms. The van der Waals surface area contributed by atoms with E-state index in [4.69, 9.17) is 42.8 Å². The number of ether oxygens (including phenoxy) is 7. The number of aliphatic hydroxyl groups is 1. The van der Waals surface area contributed by atoms with Gasteiger partial charge >= 0.3 is 0 Å². The van der Waals surface area contributed by atoms with Gasteiger partial charge in [-0.05, 0) is 26.0 Å². The Kier molecular flexibility index (Phi) is 23.7.